The molecule has 0 aromatic heterocycles. The predicted molar refractivity (Wildman–Crippen MR) is 146 cm³/mol. The number of hydrogen-bond acceptors (Lipinski definition) is 5. The average Bonchev–Trinajstić information content (AvgIpc) is 3.32. The first-order chi connectivity index (χ1) is 17.5. The highest BCUT2D eigenvalue weighted by Gasteiger charge is 2.34. The fraction of sp³-hybridized carbons (Fsp3) is 0.387. The molecule has 2 aliphatic heterocycles. The molecule has 0 bridgehead atoms. The van der Waals surface area contributed by atoms with E-state index in [2.05, 4.69) is 67.8 Å². The second-order valence-corrected chi connectivity index (χ2v) is 9.87. The van der Waals surface area contributed by atoms with Gasteiger partial charge in [0.25, 0.3) is 0 Å². The molecule has 0 spiro atoms. The molecule has 2 heterocycles. The van der Waals surface area contributed by atoms with E-state index in [0.717, 1.165) is 53.5 Å². The van der Waals surface area contributed by atoms with E-state index in [4.69, 9.17) is 9.47 Å². The molecule has 0 aliphatic carbocycles. The number of carbonyl (C=O) groups is 1. The Bertz CT molecular complexity index is 1280. The van der Waals surface area contributed by atoms with Crippen molar-refractivity contribution in [2.24, 2.45) is 0 Å². The van der Waals surface area contributed by atoms with Crippen LogP contribution in [0.25, 0.3) is 0 Å². The van der Waals surface area contributed by atoms with Gasteiger partial charge >= 0.3 is 5.97 Å². The number of anilines is 2. The van der Waals surface area contributed by atoms with Gasteiger partial charge in [-0.15, -0.1) is 0 Å². The van der Waals surface area contributed by atoms with E-state index in [1.165, 1.54) is 31.2 Å². The van der Waals surface area contributed by atoms with Crippen molar-refractivity contribution in [1.82, 2.24) is 0 Å². The van der Waals surface area contributed by atoms with Crippen molar-refractivity contribution in [2.45, 2.75) is 52.5 Å². The molecular weight excluding hydrogens is 448 g/mol. The smallest absolute Gasteiger partial charge is 0.338 e. The van der Waals surface area contributed by atoms with Crippen LogP contribution >= 0.6 is 0 Å². The first-order valence-corrected chi connectivity index (χ1v) is 13.1. The van der Waals surface area contributed by atoms with E-state index in [1.807, 2.05) is 24.3 Å². The first kappa shape index (κ1) is 24.2. The van der Waals surface area contributed by atoms with Crippen molar-refractivity contribution in [1.29, 1.82) is 0 Å². The summed E-state index contributed by atoms with van der Waals surface area (Å²) in [5.41, 5.74) is 7.30. The molecule has 2 atom stereocenters. The third-order valence-electron chi connectivity index (χ3n) is 7.84. The molecule has 5 heteroatoms. The lowest BCUT2D eigenvalue weighted by Gasteiger charge is -2.34. The highest BCUT2D eigenvalue weighted by Crippen LogP contribution is 2.51. The van der Waals surface area contributed by atoms with Crippen molar-refractivity contribution in [3.05, 3.63) is 82.4 Å². The van der Waals surface area contributed by atoms with Crippen LogP contribution in [0.3, 0.4) is 0 Å². The Kier molecular flexibility index (Phi) is 6.65. The van der Waals surface area contributed by atoms with Crippen LogP contribution in [0.15, 0.2) is 54.6 Å². The zero-order valence-electron chi connectivity index (χ0n) is 22.0. The van der Waals surface area contributed by atoms with Gasteiger partial charge in [-0.25, -0.2) is 4.79 Å². The molecule has 5 nitrogen and oxygen atoms in total. The topological polar surface area (TPSA) is 42.0 Å². The monoisotopic (exact) mass is 484 g/mol. The second kappa shape index (κ2) is 9.88. The molecule has 2 aliphatic rings. The lowest BCUT2D eigenvalue weighted by atomic mass is 9.80. The summed E-state index contributed by atoms with van der Waals surface area (Å²) < 4.78 is 11.8. The summed E-state index contributed by atoms with van der Waals surface area (Å²) in [5.74, 6) is 1.25. The minimum atomic E-state index is -0.319. The van der Waals surface area contributed by atoms with Crippen LogP contribution < -0.4 is 14.5 Å². The minimum Gasteiger partial charge on any atom is -0.465 e. The summed E-state index contributed by atoms with van der Waals surface area (Å²) in [7, 11) is 1.44. The van der Waals surface area contributed by atoms with Crippen LogP contribution in [-0.4, -0.2) is 38.8 Å². The summed E-state index contributed by atoms with van der Waals surface area (Å²) in [6.07, 6.45) is 2.42. The van der Waals surface area contributed by atoms with Crippen LogP contribution in [0.1, 0.15) is 72.1 Å². The van der Waals surface area contributed by atoms with Crippen LogP contribution in [-0.2, 0) is 4.74 Å². The number of methoxy groups -OCH3 is 1. The largest absolute Gasteiger partial charge is 0.465 e. The Balaban J connectivity index is 1.72. The lowest BCUT2D eigenvalue weighted by molar-refractivity contribution is 0.0599. The molecular formula is C31H36N2O3. The number of rotatable bonds is 6. The van der Waals surface area contributed by atoms with Gasteiger partial charge in [-0.2, -0.15) is 0 Å². The van der Waals surface area contributed by atoms with Crippen molar-refractivity contribution in [3.63, 3.8) is 0 Å². The Labute approximate surface area is 214 Å². The standard InChI is InChI=1S/C31H36N2O3/c1-6-32(7-2)22-14-15-25-29(18-22)36-28-17-20(3)27(33-16-10-11-21(33)4)19-26(28)30(25)23-12-8-9-13-24(23)31(34)35-5/h8-9,12-15,17-19,21,30H,6-7,10-11,16H2,1-5H3. The summed E-state index contributed by atoms with van der Waals surface area (Å²) in [6.45, 7) is 11.7. The van der Waals surface area contributed by atoms with Crippen LogP contribution in [0, 0.1) is 6.92 Å². The summed E-state index contributed by atoms with van der Waals surface area (Å²) in [6, 6.07) is 19.3. The second-order valence-electron chi connectivity index (χ2n) is 9.87. The summed E-state index contributed by atoms with van der Waals surface area (Å²) in [4.78, 5) is 17.7. The van der Waals surface area contributed by atoms with E-state index >= 15 is 0 Å². The number of nitrogens with zero attached hydrogens (tertiary/aromatic N) is 2. The molecule has 0 N–H and O–H groups in total. The number of aryl methyl sites for hydroxylation is 1. The van der Waals surface area contributed by atoms with Crippen LogP contribution in [0.4, 0.5) is 11.4 Å². The fourth-order valence-corrected chi connectivity index (χ4v) is 5.90. The molecule has 36 heavy (non-hydrogen) atoms. The van der Waals surface area contributed by atoms with Crippen molar-refractivity contribution in [3.8, 4) is 11.5 Å². The molecule has 0 saturated carbocycles. The Morgan fingerprint density at radius 1 is 1.03 bits per heavy atom. The highest BCUT2D eigenvalue weighted by molar-refractivity contribution is 5.92. The first-order valence-electron chi connectivity index (χ1n) is 13.1. The average molecular weight is 485 g/mol. The Morgan fingerprint density at radius 3 is 2.47 bits per heavy atom. The SMILES string of the molecule is CCN(CC)c1ccc2c(c1)Oc1cc(C)c(N3CCCC3C)cc1C2c1ccccc1C(=O)OC. The predicted octanol–water partition coefficient (Wildman–Crippen LogP) is 6.90. The molecule has 0 amide bonds. The molecule has 5 rings (SSSR count). The van der Waals surface area contributed by atoms with Gasteiger partial charge in [0.15, 0.2) is 0 Å². The van der Waals surface area contributed by atoms with Gasteiger partial charge < -0.3 is 19.3 Å². The summed E-state index contributed by atoms with van der Waals surface area (Å²) >= 11 is 0. The van der Waals surface area contributed by atoms with Gasteiger partial charge in [0, 0.05) is 60.2 Å². The maximum Gasteiger partial charge on any atom is 0.338 e. The van der Waals surface area contributed by atoms with E-state index in [-0.39, 0.29) is 11.9 Å². The van der Waals surface area contributed by atoms with Gasteiger partial charge in [0.2, 0.25) is 0 Å². The molecule has 1 fully saturated rings. The molecule has 1 saturated heterocycles. The maximum atomic E-state index is 12.8. The number of hydrogen-bond donors (Lipinski definition) is 0. The zero-order chi connectivity index (χ0) is 25.4. The van der Waals surface area contributed by atoms with Crippen molar-refractivity contribution in [2.75, 3.05) is 36.5 Å². The van der Waals surface area contributed by atoms with Gasteiger partial charge in [0.05, 0.1) is 12.7 Å². The third-order valence-corrected chi connectivity index (χ3v) is 7.84. The molecule has 3 aromatic carbocycles. The van der Waals surface area contributed by atoms with Crippen LogP contribution in [0.5, 0.6) is 11.5 Å². The molecule has 2 unspecified atom stereocenters. The summed E-state index contributed by atoms with van der Waals surface area (Å²) in [5, 5.41) is 0. The van der Waals surface area contributed by atoms with Crippen molar-refractivity contribution >= 4 is 17.3 Å². The lowest BCUT2D eigenvalue weighted by Crippen LogP contribution is -2.27. The Hall–Kier alpha value is -3.47. The van der Waals surface area contributed by atoms with E-state index in [0.29, 0.717) is 11.6 Å². The third kappa shape index (κ3) is 4.11. The molecule has 188 valence electrons. The molecule has 0 radical (unpaired) electrons. The van der Waals surface area contributed by atoms with Gasteiger partial charge in [-0.3, -0.25) is 0 Å². The quantitative estimate of drug-likeness (QED) is 0.278. The van der Waals surface area contributed by atoms with Gasteiger partial charge in [0.1, 0.15) is 11.5 Å². The zero-order valence-corrected chi connectivity index (χ0v) is 22.0. The Morgan fingerprint density at radius 2 is 1.78 bits per heavy atom. The van der Waals surface area contributed by atoms with Gasteiger partial charge in [-0.1, -0.05) is 24.3 Å². The van der Waals surface area contributed by atoms with Crippen LogP contribution in [0.2, 0.25) is 0 Å². The highest BCUT2D eigenvalue weighted by atomic mass is 16.5. The maximum absolute atomic E-state index is 12.8. The van der Waals surface area contributed by atoms with Crippen molar-refractivity contribution < 1.29 is 14.3 Å². The normalized spacial score (nSPS) is 18.3. The van der Waals surface area contributed by atoms with E-state index in [1.54, 1.807) is 0 Å². The number of esters is 1. The van der Waals surface area contributed by atoms with Gasteiger partial charge in [-0.05, 0) is 75.9 Å². The number of ether oxygens (including phenoxy) is 2. The number of fused-ring (bicyclic) bond motifs is 2. The number of carbonyl (C=O) groups excluding carboxylic acids is 1. The van der Waals surface area contributed by atoms with E-state index < -0.39 is 0 Å². The number of benzene rings is 3. The van der Waals surface area contributed by atoms with E-state index in [9.17, 15) is 4.79 Å². The molecule has 3 aromatic rings. The fourth-order valence-electron chi connectivity index (χ4n) is 5.90. The minimum absolute atomic E-state index is 0.137.